The monoisotopic (exact) mass is 341 g/mol. The van der Waals surface area contributed by atoms with Gasteiger partial charge in [0.05, 0.1) is 16.8 Å². The number of carbonyl (C=O) groups is 3. The van der Waals surface area contributed by atoms with E-state index in [4.69, 9.17) is 4.74 Å². The summed E-state index contributed by atoms with van der Waals surface area (Å²) < 4.78 is 5.32. The van der Waals surface area contributed by atoms with Gasteiger partial charge in [-0.1, -0.05) is 18.2 Å². The minimum atomic E-state index is -1.05. The SMILES string of the molecule is Cc1nc2ccccc2c(C)c1C(=O)O[C@@H](C)C(=O)N1CCNC1=O. The minimum absolute atomic E-state index is 0.273. The fraction of sp³-hybridized carbons (Fsp3) is 0.333. The molecule has 3 rings (SSSR count). The molecule has 0 radical (unpaired) electrons. The molecule has 1 aromatic carbocycles. The topological polar surface area (TPSA) is 88.6 Å². The summed E-state index contributed by atoms with van der Waals surface area (Å²) in [6, 6.07) is 7.06. The Labute approximate surface area is 145 Å². The summed E-state index contributed by atoms with van der Waals surface area (Å²) >= 11 is 0. The third-order valence-corrected chi connectivity index (χ3v) is 4.29. The largest absolute Gasteiger partial charge is 0.449 e. The van der Waals surface area contributed by atoms with E-state index in [1.807, 2.05) is 31.2 Å². The van der Waals surface area contributed by atoms with E-state index in [0.717, 1.165) is 21.4 Å². The van der Waals surface area contributed by atoms with Crippen molar-refractivity contribution < 1.29 is 19.1 Å². The van der Waals surface area contributed by atoms with Gasteiger partial charge in [0.1, 0.15) is 0 Å². The molecule has 2 heterocycles. The maximum absolute atomic E-state index is 12.6. The molecule has 1 fully saturated rings. The number of fused-ring (bicyclic) bond motifs is 1. The average molecular weight is 341 g/mol. The van der Waals surface area contributed by atoms with E-state index in [-0.39, 0.29) is 6.54 Å². The van der Waals surface area contributed by atoms with Crippen molar-refractivity contribution in [2.75, 3.05) is 13.1 Å². The molecule has 1 aromatic heterocycles. The molecule has 1 atom stereocenters. The Balaban J connectivity index is 1.85. The lowest BCUT2D eigenvalue weighted by Gasteiger charge is -2.19. The molecule has 1 aliphatic heterocycles. The number of benzene rings is 1. The van der Waals surface area contributed by atoms with Crippen LogP contribution in [0.3, 0.4) is 0 Å². The van der Waals surface area contributed by atoms with Crippen LogP contribution in [0, 0.1) is 13.8 Å². The maximum atomic E-state index is 12.6. The van der Waals surface area contributed by atoms with Crippen molar-refractivity contribution in [2.45, 2.75) is 26.9 Å². The molecule has 25 heavy (non-hydrogen) atoms. The Hall–Kier alpha value is -2.96. The Bertz CT molecular complexity index is 878. The van der Waals surface area contributed by atoms with Gasteiger partial charge in [0.15, 0.2) is 6.10 Å². The van der Waals surface area contributed by atoms with Gasteiger partial charge in [0.2, 0.25) is 0 Å². The van der Waals surface area contributed by atoms with Gasteiger partial charge in [-0.15, -0.1) is 0 Å². The van der Waals surface area contributed by atoms with Gasteiger partial charge < -0.3 is 10.1 Å². The normalized spacial score (nSPS) is 15.2. The van der Waals surface area contributed by atoms with E-state index in [2.05, 4.69) is 10.3 Å². The predicted octanol–water partition coefficient (Wildman–Crippen LogP) is 1.95. The zero-order valence-corrected chi connectivity index (χ0v) is 14.3. The first kappa shape index (κ1) is 16.9. The Morgan fingerprint density at radius 3 is 2.68 bits per heavy atom. The molecule has 0 unspecified atom stereocenters. The fourth-order valence-corrected chi connectivity index (χ4v) is 3.00. The summed E-state index contributed by atoms with van der Waals surface area (Å²) in [5.41, 5.74) is 2.45. The van der Waals surface area contributed by atoms with Crippen LogP contribution in [0.1, 0.15) is 28.5 Å². The number of hydrogen-bond donors (Lipinski definition) is 1. The van der Waals surface area contributed by atoms with Crippen LogP contribution >= 0.6 is 0 Å². The first-order valence-corrected chi connectivity index (χ1v) is 8.06. The Kier molecular flexibility index (Phi) is 4.39. The molecule has 3 amide bonds. The zero-order chi connectivity index (χ0) is 18.1. The lowest BCUT2D eigenvalue weighted by atomic mass is 10.0. The lowest BCUT2D eigenvalue weighted by Crippen LogP contribution is -2.41. The second-order valence-electron chi connectivity index (χ2n) is 5.98. The number of aromatic nitrogens is 1. The number of ether oxygens (including phenoxy) is 1. The summed E-state index contributed by atoms with van der Waals surface area (Å²) in [6.07, 6.45) is -1.05. The van der Waals surface area contributed by atoms with Crippen molar-refractivity contribution in [3.05, 3.63) is 41.1 Å². The number of pyridine rings is 1. The van der Waals surface area contributed by atoms with E-state index >= 15 is 0 Å². The molecule has 1 N–H and O–H groups in total. The number of imide groups is 1. The quantitative estimate of drug-likeness (QED) is 0.862. The van der Waals surface area contributed by atoms with E-state index in [1.54, 1.807) is 6.92 Å². The molecule has 0 spiro atoms. The van der Waals surface area contributed by atoms with Gasteiger partial charge >= 0.3 is 12.0 Å². The highest BCUT2D eigenvalue weighted by molar-refractivity contribution is 6.01. The first-order valence-electron chi connectivity index (χ1n) is 8.06. The van der Waals surface area contributed by atoms with Crippen LogP contribution in [0.5, 0.6) is 0 Å². The summed E-state index contributed by atoms with van der Waals surface area (Å²) in [6.45, 7) is 5.70. The van der Waals surface area contributed by atoms with E-state index in [1.165, 1.54) is 6.92 Å². The van der Waals surface area contributed by atoms with Crippen molar-refractivity contribution >= 4 is 28.8 Å². The van der Waals surface area contributed by atoms with E-state index in [0.29, 0.717) is 17.8 Å². The standard InChI is InChI=1S/C18H19N3O4/c1-10-13-6-4-5-7-14(13)20-11(2)15(10)17(23)25-12(3)16(22)21-9-8-19-18(21)24/h4-7,12H,8-9H2,1-3H3,(H,19,24)/t12-/m0/s1. The van der Waals surface area contributed by atoms with Crippen LogP contribution in [0.4, 0.5) is 4.79 Å². The van der Waals surface area contributed by atoms with E-state index in [9.17, 15) is 14.4 Å². The predicted molar refractivity (Wildman–Crippen MR) is 91.2 cm³/mol. The van der Waals surface area contributed by atoms with Gasteiger partial charge in [0, 0.05) is 18.5 Å². The molecule has 1 saturated heterocycles. The number of hydrogen-bond acceptors (Lipinski definition) is 5. The van der Waals surface area contributed by atoms with Crippen LogP contribution in [0.2, 0.25) is 0 Å². The van der Waals surface area contributed by atoms with Crippen LogP contribution in [-0.2, 0) is 9.53 Å². The van der Waals surface area contributed by atoms with Gasteiger partial charge in [-0.25, -0.2) is 9.59 Å². The fourth-order valence-electron chi connectivity index (χ4n) is 3.00. The number of carbonyl (C=O) groups excluding carboxylic acids is 3. The first-order chi connectivity index (χ1) is 11.9. The van der Waals surface area contributed by atoms with Crippen LogP contribution in [-0.4, -0.2) is 47.0 Å². The van der Waals surface area contributed by atoms with Crippen molar-refractivity contribution in [3.63, 3.8) is 0 Å². The summed E-state index contributed by atoms with van der Waals surface area (Å²) in [5, 5.41) is 3.40. The number of nitrogens with zero attached hydrogens (tertiary/aromatic N) is 2. The van der Waals surface area contributed by atoms with Crippen LogP contribution in [0.25, 0.3) is 10.9 Å². The Morgan fingerprint density at radius 2 is 2.00 bits per heavy atom. The average Bonchev–Trinajstić information content (AvgIpc) is 3.00. The lowest BCUT2D eigenvalue weighted by molar-refractivity contribution is -0.136. The number of esters is 1. The second kappa shape index (κ2) is 6.51. The van der Waals surface area contributed by atoms with Crippen molar-refractivity contribution in [3.8, 4) is 0 Å². The van der Waals surface area contributed by atoms with Gasteiger partial charge in [-0.2, -0.15) is 0 Å². The van der Waals surface area contributed by atoms with Crippen molar-refractivity contribution in [1.29, 1.82) is 0 Å². The third-order valence-electron chi connectivity index (χ3n) is 4.29. The van der Waals surface area contributed by atoms with Crippen LogP contribution in [0.15, 0.2) is 24.3 Å². The van der Waals surface area contributed by atoms with Crippen LogP contribution < -0.4 is 5.32 Å². The Morgan fingerprint density at radius 1 is 1.28 bits per heavy atom. The summed E-state index contributed by atoms with van der Waals surface area (Å²) in [4.78, 5) is 41.9. The molecule has 2 aromatic rings. The number of rotatable bonds is 3. The highest BCUT2D eigenvalue weighted by Crippen LogP contribution is 2.23. The van der Waals surface area contributed by atoms with Gasteiger partial charge in [-0.3, -0.25) is 14.7 Å². The summed E-state index contributed by atoms with van der Waals surface area (Å²) in [7, 11) is 0. The molecule has 130 valence electrons. The van der Waals surface area contributed by atoms with E-state index < -0.39 is 24.0 Å². The molecule has 0 saturated carbocycles. The smallest absolute Gasteiger partial charge is 0.341 e. The van der Waals surface area contributed by atoms with Crippen molar-refractivity contribution in [1.82, 2.24) is 15.2 Å². The van der Waals surface area contributed by atoms with Crippen molar-refractivity contribution in [2.24, 2.45) is 0 Å². The second-order valence-corrected chi connectivity index (χ2v) is 5.98. The maximum Gasteiger partial charge on any atom is 0.341 e. The highest BCUT2D eigenvalue weighted by atomic mass is 16.5. The zero-order valence-electron chi connectivity index (χ0n) is 14.3. The van der Waals surface area contributed by atoms with Gasteiger partial charge in [0.25, 0.3) is 5.91 Å². The minimum Gasteiger partial charge on any atom is -0.449 e. The number of amides is 3. The molecule has 0 aliphatic carbocycles. The number of para-hydroxylation sites is 1. The number of nitrogens with one attached hydrogen (secondary N) is 1. The molecular formula is C18H19N3O4. The molecule has 1 aliphatic rings. The molecular weight excluding hydrogens is 322 g/mol. The molecule has 0 bridgehead atoms. The number of urea groups is 1. The highest BCUT2D eigenvalue weighted by Gasteiger charge is 2.32. The molecule has 7 heteroatoms. The summed E-state index contributed by atoms with van der Waals surface area (Å²) in [5.74, 6) is -1.15. The third kappa shape index (κ3) is 3.05. The molecule has 7 nitrogen and oxygen atoms in total. The van der Waals surface area contributed by atoms with Gasteiger partial charge in [-0.05, 0) is 32.4 Å². The number of aryl methyl sites for hydroxylation is 2.